The minimum atomic E-state index is 0.857. The van der Waals surface area contributed by atoms with Crippen molar-refractivity contribution in [3.63, 3.8) is 0 Å². The number of nitrogens with one attached hydrogen (secondary N) is 1. The van der Waals surface area contributed by atoms with Gasteiger partial charge in [-0.1, -0.05) is 24.3 Å². The van der Waals surface area contributed by atoms with Crippen molar-refractivity contribution < 1.29 is 0 Å². The van der Waals surface area contributed by atoms with Gasteiger partial charge in [0, 0.05) is 43.8 Å². The highest BCUT2D eigenvalue weighted by molar-refractivity contribution is 7.11. The highest BCUT2D eigenvalue weighted by Crippen LogP contribution is 2.23. The van der Waals surface area contributed by atoms with Gasteiger partial charge >= 0.3 is 0 Å². The predicted octanol–water partition coefficient (Wildman–Crippen LogP) is 3.13. The summed E-state index contributed by atoms with van der Waals surface area (Å²) in [6, 6.07) is 8.16. The van der Waals surface area contributed by atoms with Crippen molar-refractivity contribution in [1.29, 1.82) is 0 Å². The summed E-state index contributed by atoms with van der Waals surface area (Å²) in [7, 11) is 2.12. The molecule has 0 fully saturated rings. The zero-order valence-electron chi connectivity index (χ0n) is 12.4. The lowest BCUT2D eigenvalue weighted by atomic mass is 10.2. The number of hydrogen-bond acceptors (Lipinski definition) is 5. The second-order valence-electron chi connectivity index (χ2n) is 5.37. The summed E-state index contributed by atoms with van der Waals surface area (Å²) in [4.78, 5) is 7.80. The molecule has 1 aromatic carbocycles. The standard InChI is InChI=1S/C16H17N5S/c1-20-11-5-4-6-12(20)9-10-17-15-19-22-16-18-13-7-2-3-8-14(13)21(15)16/h2-8H,9-11H2,1H3,(H,17,19). The molecule has 0 amide bonds. The normalized spacial score (nSPS) is 14.8. The molecule has 0 unspecified atom stereocenters. The number of likely N-dealkylation sites (N-methyl/N-ethyl adjacent to an activating group) is 1. The van der Waals surface area contributed by atoms with Crippen LogP contribution in [-0.4, -0.2) is 38.8 Å². The number of para-hydroxylation sites is 2. The molecule has 3 heterocycles. The molecule has 4 rings (SSSR count). The van der Waals surface area contributed by atoms with E-state index in [1.165, 1.54) is 17.2 Å². The molecule has 6 heteroatoms. The maximum absolute atomic E-state index is 4.60. The van der Waals surface area contributed by atoms with E-state index in [-0.39, 0.29) is 0 Å². The van der Waals surface area contributed by atoms with Crippen molar-refractivity contribution in [3.05, 3.63) is 48.2 Å². The minimum Gasteiger partial charge on any atom is -0.374 e. The summed E-state index contributed by atoms with van der Waals surface area (Å²) in [6.07, 6.45) is 7.44. The minimum absolute atomic E-state index is 0.857. The molecule has 1 aliphatic heterocycles. The number of fused-ring (bicyclic) bond motifs is 3. The Morgan fingerprint density at radius 2 is 2.23 bits per heavy atom. The Kier molecular flexibility index (Phi) is 3.31. The molecule has 22 heavy (non-hydrogen) atoms. The van der Waals surface area contributed by atoms with Gasteiger partial charge in [-0.2, -0.15) is 4.37 Å². The van der Waals surface area contributed by atoms with Gasteiger partial charge in [-0.3, -0.25) is 4.40 Å². The first-order valence-corrected chi connectivity index (χ1v) is 8.14. The lowest BCUT2D eigenvalue weighted by molar-refractivity contribution is 0.442. The third kappa shape index (κ3) is 2.25. The molecule has 0 aliphatic carbocycles. The van der Waals surface area contributed by atoms with E-state index >= 15 is 0 Å². The van der Waals surface area contributed by atoms with E-state index in [2.05, 4.69) is 55.3 Å². The monoisotopic (exact) mass is 311 g/mol. The van der Waals surface area contributed by atoms with Crippen LogP contribution in [0.15, 0.2) is 48.2 Å². The fourth-order valence-corrected chi connectivity index (χ4v) is 3.45. The number of aromatic nitrogens is 3. The summed E-state index contributed by atoms with van der Waals surface area (Å²) in [6.45, 7) is 1.84. The first-order valence-electron chi connectivity index (χ1n) is 7.36. The van der Waals surface area contributed by atoms with Gasteiger partial charge in [-0.25, -0.2) is 4.98 Å². The average Bonchev–Trinajstić information content (AvgIpc) is 3.09. The Labute approximate surface area is 132 Å². The summed E-state index contributed by atoms with van der Waals surface area (Å²) in [5, 5.41) is 3.44. The van der Waals surface area contributed by atoms with Gasteiger partial charge in [0.2, 0.25) is 10.9 Å². The summed E-state index contributed by atoms with van der Waals surface area (Å²) in [5.41, 5.74) is 3.46. The van der Waals surface area contributed by atoms with Gasteiger partial charge < -0.3 is 10.2 Å². The zero-order valence-corrected chi connectivity index (χ0v) is 13.2. The lowest BCUT2D eigenvalue weighted by Crippen LogP contribution is -2.21. The van der Waals surface area contributed by atoms with Crippen LogP contribution in [0.2, 0.25) is 0 Å². The highest BCUT2D eigenvalue weighted by Gasteiger charge is 2.12. The Hall–Kier alpha value is -2.34. The highest BCUT2D eigenvalue weighted by atomic mass is 32.1. The van der Waals surface area contributed by atoms with E-state index in [4.69, 9.17) is 0 Å². The largest absolute Gasteiger partial charge is 0.374 e. The van der Waals surface area contributed by atoms with Gasteiger partial charge in [-0.15, -0.1) is 0 Å². The van der Waals surface area contributed by atoms with E-state index in [1.807, 2.05) is 18.2 Å². The van der Waals surface area contributed by atoms with Gasteiger partial charge in [-0.05, 0) is 18.2 Å². The van der Waals surface area contributed by atoms with Crippen LogP contribution in [0.3, 0.4) is 0 Å². The second kappa shape index (κ2) is 5.46. The average molecular weight is 311 g/mol. The van der Waals surface area contributed by atoms with E-state index in [0.29, 0.717) is 0 Å². The number of anilines is 1. The molecule has 112 valence electrons. The van der Waals surface area contributed by atoms with Crippen molar-refractivity contribution >= 4 is 33.5 Å². The van der Waals surface area contributed by atoms with Crippen LogP contribution in [0.4, 0.5) is 5.95 Å². The van der Waals surface area contributed by atoms with Crippen LogP contribution >= 0.6 is 11.5 Å². The summed E-state index contributed by atoms with van der Waals surface area (Å²) >= 11 is 1.43. The maximum atomic E-state index is 4.60. The molecular weight excluding hydrogens is 294 g/mol. The molecule has 1 aliphatic rings. The topological polar surface area (TPSA) is 45.5 Å². The van der Waals surface area contributed by atoms with Crippen molar-refractivity contribution in [2.75, 3.05) is 25.5 Å². The smallest absolute Gasteiger partial charge is 0.221 e. The van der Waals surface area contributed by atoms with E-state index in [0.717, 1.165) is 41.5 Å². The molecule has 0 atom stereocenters. The number of benzene rings is 1. The Morgan fingerprint density at radius 1 is 1.32 bits per heavy atom. The molecule has 3 aromatic rings. The third-order valence-corrected chi connectivity index (χ3v) is 4.62. The van der Waals surface area contributed by atoms with E-state index < -0.39 is 0 Å². The quantitative estimate of drug-likeness (QED) is 0.804. The van der Waals surface area contributed by atoms with Gasteiger partial charge in [0.25, 0.3) is 0 Å². The predicted molar refractivity (Wildman–Crippen MR) is 91.3 cm³/mol. The number of allylic oxidation sites excluding steroid dienone is 2. The molecule has 0 saturated carbocycles. The van der Waals surface area contributed by atoms with Crippen molar-refractivity contribution in [2.45, 2.75) is 6.42 Å². The van der Waals surface area contributed by atoms with Crippen LogP contribution in [0.1, 0.15) is 6.42 Å². The van der Waals surface area contributed by atoms with Crippen LogP contribution in [-0.2, 0) is 0 Å². The van der Waals surface area contributed by atoms with E-state index in [9.17, 15) is 0 Å². The van der Waals surface area contributed by atoms with Crippen molar-refractivity contribution in [3.8, 4) is 0 Å². The first kappa shape index (κ1) is 13.3. The third-order valence-electron chi connectivity index (χ3n) is 3.91. The Morgan fingerprint density at radius 3 is 3.14 bits per heavy atom. The Balaban J connectivity index is 1.54. The molecule has 0 radical (unpaired) electrons. The van der Waals surface area contributed by atoms with Gasteiger partial charge in [0.1, 0.15) is 0 Å². The van der Waals surface area contributed by atoms with Crippen molar-refractivity contribution in [2.24, 2.45) is 0 Å². The summed E-state index contributed by atoms with van der Waals surface area (Å²) < 4.78 is 6.59. The number of hydrogen-bond donors (Lipinski definition) is 1. The first-order chi connectivity index (χ1) is 10.8. The Bertz CT molecular complexity index is 873. The molecular formula is C16H17N5S. The molecule has 0 saturated heterocycles. The molecule has 0 spiro atoms. The number of nitrogens with zero attached hydrogens (tertiary/aromatic N) is 4. The lowest BCUT2D eigenvalue weighted by Gasteiger charge is -2.23. The number of imidazole rings is 1. The SMILES string of the molecule is CN1CC=CC=C1CCNc1nsc2nc3ccccc3n12. The van der Waals surface area contributed by atoms with Crippen LogP contribution in [0.25, 0.3) is 16.0 Å². The summed E-state index contributed by atoms with van der Waals surface area (Å²) in [5.74, 6) is 0.878. The van der Waals surface area contributed by atoms with Gasteiger partial charge in [0.05, 0.1) is 11.0 Å². The van der Waals surface area contributed by atoms with Crippen LogP contribution in [0.5, 0.6) is 0 Å². The van der Waals surface area contributed by atoms with E-state index in [1.54, 1.807) is 0 Å². The van der Waals surface area contributed by atoms with Crippen LogP contribution in [0, 0.1) is 0 Å². The fraction of sp³-hybridized carbons (Fsp3) is 0.250. The second-order valence-corrected chi connectivity index (χ2v) is 6.10. The molecule has 1 N–H and O–H groups in total. The maximum Gasteiger partial charge on any atom is 0.221 e. The van der Waals surface area contributed by atoms with Gasteiger partial charge in [0.15, 0.2) is 0 Å². The molecule has 5 nitrogen and oxygen atoms in total. The molecule has 2 aromatic heterocycles. The zero-order chi connectivity index (χ0) is 14.9. The fourth-order valence-electron chi connectivity index (χ4n) is 2.73. The number of rotatable bonds is 4. The molecule has 0 bridgehead atoms. The van der Waals surface area contributed by atoms with Crippen LogP contribution < -0.4 is 5.32 Å². The van der Waals surface area contributed by atoms with Crippen molar-refractivity contribution in [1.82, 2.24) is 18.7 Å².